The highest BCUT2D eigenvalue weighted by Gasteiger charge is 2.06. The highest BCUT2D eigenvalue weighted by Crippen LogP contribution is 2.07. The summed E-state index contributed by atoms with van der Waals surface area (Å²) in [4.78, 5) is 16.7. The standard InChI is InChI=1S/C19H26N4OS/c1-3-9-21-18(24)17-7-5-6-15(11-17)12-22-19(20-4-2)23-13-16-8-10-25-14-16/h5-8,10-11,14H,3-4,9,12-13H2,1-2H3,(H,21,24)(H2,20,22,23). The zero-order valence-electron chi connectivity index (χ0n) is 14.8. The van der Waals surface area contributed by atoms with E-state index in [2.05, 4.69) is 37.8 Å². The number of benzene rings is 1. The van der Waals surface area contributed by atoms with Crippen LogP contribution in [-0.4, -0.2) is 25.0 Å². The maximum Gasteiger partial charge on any atom is 0.251 e. The quantitative estimate of drug-likeness (QED) is 0.502. The predicted molar refractivity (Wildman–Crippen MR) is 105 cm³/mol. The van der Waals surface area contributed by atoms with Crippen LogP contribution >= 0.6 is 11.3 Å². The molecule has 0 aliphatic heterocycles. The Morgan fingerprint density at radius 1 is 1.12 bits per heavy atom. The van der Waals surface area contributed by atoms with Crippen LogP contribution in [0.25, 0.3) is 0 Å². The summed E-state index contributed by atoms with van der Waals surface area (Å²) in [5.74, 6) is 0.747. The Morgan fingerprint density at radius 2 is 2.00 bits per heavy atom. The van der Waals surface area contributed by atoms with E-state index >= 15 is 0 Å². The molecule has 1 aromatic heterocycles. The first-order valence-corrected chi connectivity index (χ1v) is 9.57. The molecule has 0 aliphatic rings. The first kappa shape index (κ1) is 19.0. The molecule has 0 spiro atoms. The number of rotatable bonds is 8. The summed E-state index contributed by atoms with van der Waals surface area (Å²) in [5, 5.41) is 13.6. The van der Waals surface area contributed by atoms with Crippen LogP contribution in [0.4, 0.5) is 0 Å². The number of carbonyl (C=O) groups excluding carboxylic acids is 1. The summed E-state index contributed by atoms with van der Waals surface area (Å²) in [6.07, 6.45) is 0.930. The van der Waals surface area contributed by atoms with E-state index in [0.29, 0.717) is 25.2 Å². The fraction of sp³-hybridized carbons (Fsp3) is 0.368. The molecule has 3 N–H and O–H groups in total. The van der Waals surface area contributed by atoms with Crippen molar-refractivity contribution in [2.45, 2.75) is 33.4 Å². The van der Waals surface area contributed by atoms with Gasteiger partial charge in [0.25, 0.3) is 5.91 Å². The van der Waals surface area contributed by atoms with Crippen molar-refractivity contribution in [3.8, 4) is 0 Å². The van der Waals surface area contributed by atoms with Crippen LogP contribution < -0.4 is 16.0 Å². The third-order valence-corrected chi connectivity index (χ3v) is 4.26. The fourth-order valence-corrected chi connectivity index (χ4v) is 2.90. The SMILES string of the molecule is CCCNC(=O)c1cccc(CNC(=NCc2ccsc2)NCC)c1. The number of nitrogens with zero attached hydrogens (tertiary/aromatic N) is 1. The van der Waals surface area contributed by atoms with Crippen LogP contribution in [0.1, 0.15) is 41.8 Å². The Morgan fingerprint density at radius 3 is 2.72 bits per heavy atom. The molecule has 0 bridgehead atoms. The lowest BCUT2D eigenvalue weighted by Crippen LogP contribution is -2.36. The first-order valence-electron chi connectivity index (χ1n) is 8.63. The molecule has 1 aromatic carbocycles. The van der Waals surface area contributed by atoms with Gasteiger partial charge in [-0.2, -0.15) is 11.3 Å². The first-order chi connectivity index (χ1) is 12.2. The molecule has 0 saturated heterocycles. The van der Waals surface area contributed by atoms with Gasteiger partial charge in [0.1, 0.15) is 0 Å². The average molecular weight is 359 g/mol. The van der Waals surface area contributed by atoms with E-state index in [1.165, 1.54) is 5.56 Å². The number of guanidine groups is 1. The van der Waals surface area contributed by atoms with E-state index in [1.54, 1.807) is 11.3 Å². The Labute approximate surface area is 153 Å². The molecular formula is C19H26N4OS. The molecule has 0 aliphatic carbocycles. The minimum absolute atomic E-state index is 0.0262. The lowest BCUT2D eigenvalue weighted by atomic mass is 10.1. The van der Waals surface area contributed by atoms with E-state index < -0.39 is 0 Å². The lowest BCUT2D eigenvalue weighted by molar-refractivity contribution is 0.0953. The van der Waals surface area contributed by atoms with Crippen molar-refractivity contribution < 1.29 is 4.79 Å². The van der Waals surface area contributed by atoms with Crippen LogP contribution in [0.3, 0.4) is 0 Å². The Kier molecular flexibility index (Phi) is 7.98. The zero-order valence-corrected chi connectivity index (χ0v) is 15.7. The van der Waals surface area contributed by atoms with E-state index in [0.717, 1.165) is 24.5 Å². The van der Waals surface area contributed by atoms with Crippen molar-refractivity contribution in [3.63, 3.8) is 0 Å². The van der Waals surface area contributed by atoms with Crippen molar-refractivity contribution in [2.75, 3.05) is 13.1 Å². The smallest absolute Gasteiger partial charge is 0.251 e. The monoisotopic (exact) mass is 358 g/mol. The predicted octanol–water partition coefficient (Wildman–Crippen LogP) is 3.14. The van der Waals surface area contributed by atoms with E-state index in [1.807, 2.05) is 38.1 Å². The molecule has 2 rings (SSSR count). The second-order valence-corrected chi connectivity index (χ2v) is 6.42. The van der Waals surface area contributed by atoms with Gasteiger partial charge in [-0.25, -0.2) is 4.99 Å². The normalized spacial score (nSPS) is 11.2. The van der Waals surface area contributed by atoms with Crippen molar-refractivity contribution in [1.29, 1.82) is 0 Å². The molecule has 2 aromatic rings. The van der Waals surface area contributed by atoms with Crippen LogP contribution in [0.15, 0.2) is 46.1 Å². The highest BCUT2D eigenvalue weighted by atomic mass is 32.1. The summed E-state index contributed by atoms with van der Waals surface area (Å²) >= 11 is 1.68. The number of nitrogens with one attached hydrogen (secondary N) is 3. The molecule has 1 amide bonds. The summed E-state index contributed by atoms with van der Waals surface area (Å²) in [6.45, 7) is 6.84. The minimum atomic E-state index is -0.0262. The second-order valence-electron chi connectivity index (χ2n) is 5.64. The van der Waals surface area contributed by atoms with E-state index in [9.17, 15) is 4.79 Å². The van der Waals surface area contributed by atoms with Crippen molar-refractivity contribution in [3.05, 3.63) is 57.8 Å². The summed E-state index contributed by atoms with van der Waals surface area (Å²) in [6, 6.07) is 9.75. The Bertz CT molecular complexity index is 682. The number of amides is 1. The maximum atomic E-state index is 12.1. The van der Waals surface area contributed by atoms with Gasteiger partial charge in [0.2, 0.25) is 0 Å². The largest absolute Gasteiger partial charge is 0.357 e. The van der Waals surface area contributed by atoms with E-state index in [-0.39, 0.29) is 5.91 Å². The maximum absolute atomic E-state index is 12.1. The number of carbonyl (C=O) groups is 1. The third-order valence-electron chi connectivity index (χ3n) is 3.53. The van der Waals surface area contributed by atoms with Crippen LogP contribution in [0.2, 0.25) is 0 Å². The molecule has 0 saturated carbocycles. The summed E-state index contributed by atoms with van der Waals surface area (Å²) in [7, 11) is 0. The van der Waals surface area contributed by atoms with Gasteiger partial charge in [-0.1, -0.05) is 19.1 Å². The molecule has 0 unspecified atom stereocenters. The van der Waals surface area contributed by atoms with Gasteiger partial charge in [0, 0.05) is 25.2 Å². The van der Waals surface area contributed by atoms with Crippen molar-refractivity contribution in [2.24, 2.45) is 4.99 Å². The molecule has 0 atom stereocenters. The molecule has 134 valence electrons. The van der Waals surface area contributed by atoms with E-state index in [4.69, 9.17) is 0 Å². The number of hydrogen-bond donors (Lipinski definition) is 3. The van der Waals surface area contributed by atoms with Crippen LogP contribution in [-0.2, 0) is 13.1 Å². The summed E-state index contributed by atoms with van der Waals surface area (Å²) < 4.78 is 0. The van der Waals surface area contributed by atoms with Gasteiger partial charge in [-0.3, -0.25) is 4.79 Å². The lowest BCUT2D eigenvalue weighted by Gasteiger charge is -2.12. The second kappa shape index (κ2) is 10.5. The number of aliphatic imine (C=N–C) groups is 1. The fourth-order valence-electron chi connectivity index (χ4n) is 2.24. The van der Waals surface area contributed by atoms with Gasteiger partial charge in [0.05, 0.1) is 6.54 Å². The molecule has 0 fully saturated rings. The van der Waals surface area contributed by atoms with Gasteiger partial charge in [-0.15, -0.1) is 0 Å². The summed E-state index contributed by atoms with van der Waals surface area (Å²) in [5.41, 5.74) is 2.94. The molecular weight excluding hydrogens is 332 g/mol. The minimum Gasteiger partial charge on any atom is -0.357 e. The molecule has 6 heteroatoms. The Balaban J connectivity index is 1.95. The topological polar surface area (TPSA) is 65.5 Å². The van der Waals surface area contributed by atoms with Crippen molar-refractivity contribution in [1.82, 2.24) is 16.0 Å². The zero-order chi connectivity index (χ0) is 17.9. The van der Waals surface area contributed by atoms with Gasteiger partial charge in [0.15, 0.2) is 5.96 Å². The van der Waals surface area contributed by atoms with Crippen LogP contribution in [0, 0.1) is 0 Å². The van der Waals surface area contributed by atoms with Gasteiger partial charge < -0.3 is 16.0 Å². The molecule has 5 nitrogen and oxygen atoms in total. The number of thiophene rings is 1. The van der Waals surface area contributed by atoms with Gasteiger partial charge in [-0.05, 0) is 53.4 Å². The highest BCUT2D eigenvalue weighted by molar-refractivity contribution is 7.07. The van der Waals surface area contributed by atoms with Crippen molar-refractivity contribution >= 4 is 23.2 Å². The molecule has 0 radical (unpaired) electrons. The number of hydrogen-bond acceptors (Lipinski definition) is 3. The third kappa shape index (κ3) is 6.58. The van der Waals surface area contributed by atoms with Gasteiger partial charge >= 0.3 is 0 Å². The average Bonchev–Trinajstić information content (AvgIpc) is 3.16. The van der Waals surface area contributed by atoms with Crippen LogP contribution in [0.5, 0.6) is 0 Å². The molecule has 1 heterocycles. The molecule has 25 heavy (non-hydrogen) atoms. The Hall–Kier alpha value is -2.34.